The second kappa shape index (κ2) is 6.76. The molecule has 2 aromatic heterocycles. The van der Waals surface area contributed by atoms with Crippen LogP contribution in [0.25, 0.3) is 0 Å². The Kier molecular flexibility index (Phi) is 5.02. The summed E-state index contributed by atoms with van der Waals surface area (Å²) in [6.07, 6.45) is 4.99. The van der Waals surface area contributed by atoms with Crippen molar-refractivity contribution < 1.29 is 4.42 Å². The molecule has 3 heteroatoms. The summed E-state index contributed by atoms with van der Waals surface area (Å²) in [6.45, 7) is 5.44. The van der Waals surface area contributed by atoms with E-state index in [2.05, 4.69) is 30.6 Å². The van der Waals surface area contributed by atoms with Gasteiger partial charge >= 0.3 is 0 Å². The normalized spacial score (nSPS) is 12.8. The Morgan fingerprint density at radius 2 is 2.28 bits per heavy atom. The number of thiophene rings is 1. The molecule has 0 saturated heterocycles. The molecule has 0 radical (unpaired) electrons. The van der Waals surface area contributed by atoms with Gasteiger partial charge in [-0.2, -0.15) is 0 Å². The molecule has 1 atom stereocenters. The van der Waals surface area contributed by atoms with Crippen LogP contribution in [0.5, 0.6) is 0 Å². The van der Waals surface area contributed by atoms with E-state index in [1.165, 1.54) is 10.4 Å². The molecule has 0 aromatic carbocycles. The highest BCUT2D eigenvalue weighted by molar-refractivity contribution is 7.10. The molecule has 1 N–H and O–H groups in total. The van der Waals surface area contributed by atoms with Crippen molar-refractivity contribution in [2.75, 3.05) is 0 Å². The molecule has 0 aliphatic carbocycles. The van der Waals surface area contributed by atoms with Crippen LogP contribution in [0.1, 0.15) is 36.5 Å². The average molecular weight is 263 g/mol. The van der Waals surface area contributed by atoms with Crippen LogP contribution in [0.4, 0.5) is 0 Å². The predicted molar refractivity (Wildman–Crippen MR) is 77.0 cm³/mol. The molecule has 0 aliphatic rings. The van der Waals surface area contributed by atoms with Crippen molar-refractivity contribution in [3.63, 3.8) is 0 Å². The Morgan fingerprint density at radius 1 is 1.39 bits per heavy atom. The molecular formula is C15H21NOS. The van der Waals surface area contributed by atoms with Crippen LogP contribution in [0, 0.1) is 0 Å². The van der Waals surface area contributed by atoms with E-state index >= 15 is 0 Å². The molecule has 2 rings (SSSR count). The molecule has 2 heterocycles. The smallest absolute Gasteiger partial charge is 0.103 e. The fourth-order valence-electron chi connectivity index (χ4n) is 2.02. The summed E-state index contributed by atoms with van der Waals surface area (Å²) in [6, 6.07) is 6.74. The molecule has 0 saturated carbocycles. The molecule has 18 heavy (non-hydrogen) atoms. The Hall–Kier alpha value is -1.06. The van der Waals surface area contributed by atoms with Gasteiger partial charge in [-0.05, 0) is 48.9 Å². The lowest BCUT2D eigenvalue weighted by Gasteiger charge is -2.13. The first kappa shape index (κ1) is 13.4. The standard InChI is InChI=1S/C15H21NOS/c1-3-13-8-10-18-15(13)11-16-12(2)6-7-14-5-4-9-17-14/h4-5,8-10,12,16H,3,6-7,11H2,1-2H3. The zero-order chi connectivity index (χ0) is 12.8. The van der Waals surface area contributed by atoms with Gasteiger partial charge in [-0.3, -0.25) is 0 Å². The summed E-state index contributed by atoms with van der Waals surface area (Å²) in [5.74, 6) is 1.08. The number of furan rings is 1. The number of aryl methyl sites for hydroxylation is 2. The van der Waals surface area contributed by atoms with Gasteiger partial charge in [-0.25, -0.2) is 0 Å². The third-order valence-electron chi connectivity index (χ3n) is 3.23. The first-order valence-corrected chi connectivity index (χ1v) is 7.48. The van der Waals surface area contributed by atoms with Crippen LogP contribution < -0.4 is 5.32 Å². The van der Waals surface area contributed by atoms with Gasteiger partial charge in [-0.1, -0.05) is 6.92 Å². The first-order chi connectivity index (χ1) is 8.79. The van der Waals surface area contributed by atoms with Crippen molar-refractivity contribution >= 4 is 11.3 Å². The van der Waals surface area contributed by atoms with Crippen molar-refractivity contribution in [1.29, 1.82) is 0 Å². The summed E-state index contributed by atoms with van der Waals surface area (Å²) >= 11 is 1.85. The van der Waals surface area contributed by atoms with Gasteiger partial charge in [0.1, 0.15) is 5.76 Å². The predicted octanol–water partition coefficient (Wildman–Crippen LogP) is 4.01. The van der Waals surface area contributed by atoms with E-state index < -0.39 is 0 Å². The fraction of sp³-hybridized carbons (Fsp3) is 0.467. The monoisotopic (exact) mass is 263 g/mol. The summed E-state index contributed by atoms with van der Waals surface area (Å²) < 4.78 is 5.35. The Morgan fingerprint density at radius 3 is 3.00 bits per heavy atom. The van der Waals surface area contributed by atoms with Crippen molar-refractivity contribution in [3.05, 3.63) is 46.0 Å². The molecule has 1 unspecified atom stereocenters. The lowest BCUT2D eigenvalue weighted by atomic mass is 10.1. The van der Waals surface area contributed by atoms with E-state index in [1.807, 2.05) is 23.5 Å². The van der Waals surface area contributed by atoms with Crippen LogP contribution >= 0.6 is 11.3 Å². The number of hydrogen-bond acceptors (Lipinski definition) is 3. The van der Waals surface area contributed by atoms with Gasteiger partial charge in [0.05, 0.1) is 6.26 Å². The highest BCUT2D eigenvalue weighted by atomic mass is 32.1. The van der Waals surface area contributed by atoms with Gasteiger partial charge < -0.3 is 9.73 Å². The Bertz CT molecular complexity index is 447. The van der Waals surface area contributed by atoms with Crippen molar-refractivity contribution in [3.8, 4) is 0 Å². The van der Waals surface area contributed by atoms with Crippen LogP contribution in [0.3, 0.4) is 0 Å². The molecule has 0 amide bonds. The van der Waals surface area contributed by atoms with Crippen LogP contribution in [-0.4, -0.2) is 6.04 Å². The zero-order valence-corrected chi connectivity index (χ0v) is 11.9. The van der Waals surface area contributed by atoms with E-state index in [1.54, 1.807) is 6.26 Å². The van der Waals surface area contributed by atoms with Crippen molar-refractivity contribution in [1.82, 2.24) is 5.32 Å². The molecule has 2 aromatic rings. The first-order valence-electron chi connectivity index (χ1n) is 6.60. The average Bonchev–Trinajstić information content (AvgIpc) is 3.04. The second-order valence-corrected chi connectivity index (χ2v) is 5.62. The third kappa shape index (κ3) is 3.72. The zero-order valence-electron chi connectivity index (χ0n) is 11.1. The molecule has 0 fully saturated rings. The van der Waals surface area contributed by atoms with Gasteiger partial charge in [0.2, 0.25) is 0 Å². The third-order valence-corrected chi connectivity index (χ3v) is 4.20. The molecular weight excluding hydrogens is 242 g/mol. The quantitative estimate of drug-likeness (QED) is 0.816. The Labute approximate surface area is 113 Å². The molecule has 2 nitrogen and oxygen atoms in total. The molecule has 98 valence electrons. The number of rotatable bonds is 7. The summed E-state index contributed by atoms with van der Waals surface area (Å²) in [5.41, 5.74) is 1.48. The highest BCUT2D eigenvalue weighted by Gasteiger charge is 2.06. The molecule has 0 bridgehead atoms. The van der Waals surface area contributed by atoms with Crippen molar-refractivity contribution in [2.45, 2.75) is 45.7 Å². The van der Waals surface area contributed by atoms with Crippen LogP contribution in [0.15, 0.2) is 34.3 Å². The van der Waals surface area contributed by atoms with Gasteiger partial charge in [0.15, 0.2) is 0 Å². The SMILES string of the molecule is CCc1ccsc1CNC(C)CCc1ccco1. The summed E-state index contributed by atoms with van der Waals surface area (Å²) in [5, 5.41) is 5.77. The molecule has 0 spiro atoms. The van der Waals surface area contributed by atoms with Crippen LogP contribution in [-0.2, 0) is 19.4 Å². The van der Waals surface area contributed by atoms with Gasteiger partial charge in [0, 0.05) is 23.9 Å². The van der Waals surface area contributed by atoms with Crippen LogP contribution in [0.2, 0.25) is 0 Å². The summed E-state index contributed by atoms with van der Waals surface area (Å²) in [4.78, 5) is 1.47. The van der Waals surface area contributed by atoms with E-state index in [9.17, 15) is 0 Å². The second-order valence-electron chi connectivity index (χ2n) is 4.62. The van der Waals surface area contributed by atoms with E-state index in [4.69, 9.17) is 4.42 Å². The fourth-order valence-corrected chi connectivity index (χ4v) is 2.95. The van der Waals surface area contributed by atoms with E-state index in [0.29, 0.717) is 6.04 Å². The number of nitrogens with one attached hydrogen (secondary N) is 1. The minimum Gasteiger partial charge on any atom is -0.469 e. The van der Waals surface area contributed by atoms with Gasteiger partial charge in [0.25, 0.3) is 0 Å². The van der Waals surface area contributed by atoms with E-state index in [-0.39, 0.29) is 0 Å². The van der Waals surface area contributed by atoms with Gasteiger partial charge in [-0.15, -0.1) is 11.3 Å². The maximum Gasteiger partial charge on any atom is 0.103 e. The lowest BCUT2D eigenvalue weighted by Crippen LogP contribution is -2.25. The maximum atomic E-state index is 5.35. The molecule has 0 aliphatic heterocycles. The highest BCUT2D eigenvalue weighted by Crippen LogP contribution is 2.17. The minimum absolute atomic E-state index is 0.516. The largest absolute Gasteiger partial charge is 0.469 e. The topological polar surface area (TPSA) is 25.2 Å². The van der Waals surface area contributed by atoms with Crippen molar-refractivity contribution in [2.24, 2.45) is 0 Å². The lowest BCUT2D eigenvalue weighted by molar-refractivity contribution is 0.460. The Balaban J connectivity index is 1.73. The summed E-state index contributed by atoms with van der Waals surface area (Å²) in [7, 11) is 0. The maximum absolute atomic E-state index is 5.35. The minimum atomic E-state index is 0.516. The number of hydrogen-bond donors (Lipinski definition) is 1. The van der Waals surface area contributed by atoms with E-state index in [0.717, 1.165) is 31.6 Å².